The molecule has 6 heteroatoms. The van der Waals surface area contributed by atoms with Gasteiger partial charge in [-0.1, -0.05) is 17.7 Å². The first kappa shape index (κ1) is 16.8. The Kier molecular flexibility index (Phi) is 7.36. The van der Waals surface area contributed by atoms with Gasteiger partial charge in [-0.15, -0.1) is 0 Å². The second-order valence-corrected chi connectivity index (χ2v) is 4.86. The third-order valence-corrected chi connectivity index (χ3v) is 3.15. The average Bonchev–Trinajstić information content (AvgIpc) is 2.42. The summed E-state index contributed by atoms with van der Waals surface area (Å²) in [6.07, 6.45) is 0. The Morgan fingerprint density at radius 1 is 1.50 bits per heavy atom. The molecule has 0 bridgehead atoms. The van der Waals surface area contributed by atoms with Crippen molar-refractivity contribution < 1.29 is 9.53 Å². The predicted octanol–water partition coefficient (Wildman–Crippen LogP) is 1.39. The van der Waals surface area contributed by atoms with Crippen LogP contribution in [0.15, 0.2) is 18.2 Å². The number of carbonyl (C=O) groups is 1. The van der Waals surface area contributed by atoms with Gasteiger partial charge in [0.15, 0.2) is 0 Å². The van der Waals surface area contributed by atoms with E-state index < -0.39 is 0 Å². The monoisotopic (exact) mass is 299 g/mol. The summed E-state index contributed by atoms with van der Waals surface area (Å²) in [6.45, 7) is 4.95. The van der Waals surface area contributed by atoms with Crippen molar-refractivity contribution in [1.29, 1.82) is 0 Å². The molecular weight excluding hydrogens is 278 g/mol. The molecule has 0 radical (unpaired) electrons. The van der Waals surface area contributed by atoms with E-state index in [1.807, 2.05) is 30.0 Å². The summed E-state index contributed by atoms with van der Waals surface area (Å²) in [5, 5.41) is 3.93. The number of anilines is 1. The van der Waals surface area contributed by atoms with Crippen molar-refractivity contribution in [2.75, 3.05) is 38.3 Å². The molecule has 1 aromatic carbocycles. The number of nitrogens with one attached hydrogen (secondary N) is 1. The molecule has 20 heavy (non-hydrogen) atoms. The zero-order valence-electron chi connectivity index (χ0n) is 12.0. The van der Waals surface area contributed by atoms with Crippen LogP contribution >= 0.6 is 11.6 Å². The van der Waals surface area contributed by atoms with Gasteiger partial charge in [0.2, 0.25) is 5.91 Å². The number of nitrogens with two attached hydrogens (primary N) is 1. The van der Waals surface area contributed by atoms with Gasteiger partial charge in [0, 0.05) is 37.5 Å². The number of nitrogens with zero attached hydrogens (tertiary/aromatic N) is 1. The summed E-state index contributed by atoms with van der Waals surface area (Å²) >= 11 is 6.05. The van der Waals surface area contributed by atoms with E-state index >= 15 is 0 Å². The fourth-order valence-corrected chi connectivity index (χ4v) is 2.10. The molecule has 0 aromatic heterocycles. The molecule has 0 aliphatic rings. The maximum absolute atomic E-state index is 11.2. The van der Waals surface area contributed by atoms with Crippen molar-refractivity contribution >= 4 is 23.2 Å². The lowest BCUT2D eigenvalue weighted by atomic mass is 10.1. The second-order valence-electron chi connectivity index (χ2n) is 4.42. The van der Waals surface area contributed by atoms with Crippen molar-refractivity contribution in [2.45, 2.75) is 13.5 Å². The van der Waals surface area contributed by atoms with Crippen molar-refractivity contribution in [3.63, 3.8) is 0 Å². The number of hydrogen-bond donors (Lipinski definition) is 2. The molecule has 0 fully saturated rings. The minimum Gasteiger partial charge on any atom is -0.383 e. The third kappa shape index (κ3) is 5.36. The highest BCUT2D eigenvalue weighted by atomic mass is 35.5. The predicted molar refractivity (Wildman–Crippen MR) is 82.1 cm³/mol. The number of benzene rings is 1. The number of primary amides is 1. The van der Waals surface area contributed by atoms with E-state index in [1.165, 1.54) is 0 Å². The number of halogens is 1. The summed E-state index contributed by atoms with van der Waals surface area (Å²) in [7, 11) is 1.67. The molecule has 0 aliphatic heterocycles. The quantitative estimate of drug-likeness (QED) is 0.676. The molecule has 0 atom stereocenters. The lowest BCUT2D eigenvalue weighted by Gasteiger charge is -2.24. The van der Waals surface area contributed by atoms with Gasteiger partial charge in [-0.05, 0) is 24.6 Å². The van der Waals surface area contributed by atoms with Crippen molar-refractivity contribution in [1.82, 2.24) is 5.32 Å². The molecular formula is C14H22ClN3O2. The van der Waals surface area contributed by atoms with Gasteiger partial charge < -0.3 is 20.7 Å². The van der Waals surface area contributed by atoms with E-state index in [2.05, 4.69) is 5.32 Å². The minimum atomic E-state index is -0.356. The molecule has 1 rings (SSSR count). The highest BCUT2D eigenvalue weighted by Gasteiger charge is 2.12. The maximum Gasteiger partial charge on any atom is 0.236 e. The Hall–Kier alpha value is -1.30. The van der Waals surface area contributed by atoms with E-state index in [0.717, 1.165) is 17.8 Å². The molecule has 0 heterocycles. The molecule has 5 nitrogen and oxygen atoms in total. The van der Waals surface area contributed by atoms with Gasteiger partial charge in [0.1, 0.15) is 0 Å². The highest BCUT2D eigenvalue weighted by molar-refractivity contribution is 6.30. The topological polar surface area (TPSA) is 67.6 Å². The number of ether oxygens (including phenoxy) is 1. The van der Waals surface area contributed by atoms with Crippen LogP contribution < -0.4 is 16.0 Å². The summed E-state index contributed by atoms with van der Waals surface area (Å²) in [5.41, 5.74) is 7.30. The molecule has 0 saturated carbocycles. The first-order chi connectivity index (χ1) is 9.58. The number of carbonyl (C=O) groups excluding carboxylic acids is 1. The number of likely N-dealkylation sites (N-methyl/N-ethyl adjacent to an activating group) is 1. The maximum atomic E-state index is 11.2. The van der Waals surface area contributed by atoms with Crippen LogP contribution in [-0.2, 0) is 16.1 Å². The van der Waals surface area contributed by atoms with Crippen LogP contribution in [0.3, 0.4) is 0 Å². The van der Waals surface area contributed by atoms with Crippen molar-refractivity contribution in [3.8, 4) is 0 Å². The Balaban J connectivity index is 2.85. The lowest BCUT2D eigenvalue weighted by molar-refractivity contribution is -0.116. The van der Waals surface area contributed by atoms with Crippen LogP contribution in [0.5, 0.6) is 0 Å². The Labute approximate surface area is 125 Å². The van der Waals surface area contributed by atoms with Gasteiger partial charge in [0.25, 0.3) is 0 Å². The smallest absolute Gasteiger partial charge is 0.236 e. The van der Waals surface area contributed by atoms with E-state index in [0.29, 0.717) is 24.7 Å². The first-order valence-corrected chi connectivity index (χ1v) is 6.97. The van der Waals surface area contributed by atoms with Gasteiger partial charge in [-0.3, -0.25) is 4.79 Å². The number of methoxy groups -OCH3 is 1. The van der Waals surface area contributed by atoms with Crippen LogP contribution in [0, 0.1) is 0 Å². The van der Waals surface area contributed by atoms with E-state index in [9.17, 15) is 4.79 Å². The van der Waals surface area contributed by atoms with Gasteiger partial charge in [-0.25, -0.2) is 0 Å². The second kappa shape index (κ2) is 8.79. The highest BCUT2D eigenvalue weighted by Crippen LogP contribution is 2.24. The molecule has 112 valence electrons. The van der Waals surface area contributed by atoms with E-state index in [4.69, 9.17) is 22.1 Å². The van der Waals surface area contributed by atoms with Crippen LogP contribution in [0.1, 0.15) is 12.5 Å². The fraction of sp³-hybridized carbons (Fsp3) is 0.500. The zero-order valence-corrected chi connectivity index (χ0v) is 12.7. The Morgan fingerprint density at radius 2 is 2.25 bits per heavy atom. The summed E-state index contributed by atoms with van der Waals surface area (Å²) in [6, 6.07) is 5.67. The minimum absolute atomic E-state index is 0.182. The number of amides is 1. The lowest BCUT2D eigenvalue weighted by Crippen LogP contribution is -2.34. The van der Waals surface area contributed by atoms with Crippen LogP contribution in [0.4, 0.5) is 5.69 Å². The van der Waals surface area contributed by atoms with E-state index in [1.54, 1.807) is 7.11 Å². The number of rotatable bonds is 9. The SMILES string of the molecule is CCN(CC(N)=O)c1cc(Cl)ccc1CNCCOC. The standard InChI is InChI=1S/C14H22ClN3O2/c1-3-18(10-14(16)19)13-8-12(15)5-4-11(13)9-17-6-7-20-2/h4-5,8,17H,3,6-7,9-10H2,1-2H3,(H2,16,19). The molecule has 0 saturated heterocycles. The average molecular weight is 300 g/mol. The molecule has 3 N–H and O–H groups in total. The van der Waals surface area contributed by atoms with Crippen LogP contribution in [0.2, 0.25) is 5.02 Å². The van der Waals surface area contributed by atoms with Crippen LogP contribution in [0.25, 0.3) is 0 Å². The molecule has 1 aromatic rings. The normalized spacial score (nSPS) is 10.6. The van der Waals surface area contributed by atoms with E-state index in [-0.39, 0.29) is 12.5 Å². The molecule has 0 aliphatic carbocycles. The zero-order chi connectivity index (χ0) is 15.0. The summed E-state index contributed by atoms with van der Waals surface area (Å²) in [5.74, 6) is -0.356. The molecule has 0 spiro atoms. The first-order valence-electron chi connectivity index (χ1n) is 6.59. The Bertz CT molecular complexity index is 440. The summed E-state index contributed by atoms with van der Waals surface area (Å²) < 4.78 is 5.00. The molecule has 1 amide bonds. The molecule has 0 unspecified atom stereocenters. The third-order valence-electron chi connectivity index (χ3n) is 2.91. The van der Waals surface area contributed by atoms with Gasteiger partial charge >= 0.3 is 0 Å². The fourth-order valence-electron chi connectivity index (χ4n) is 1.93. The van der Waals surface area contributed by atoms with Crippen molar-refractivity contribution in [2.24, 2.45) is 5.73 Å². The summed E-state index contributed by atoms with van der Waals surface area (Å²) in [4.78, 5) is 13.1. The Morgan fingerprint density at radius 3 is 2.85 bits per heavy atom. The van der Waals surface area contributed by atoms with Gasteiger partial charge in [-0.2, -0.15) is 0 Å². The van der Waals surface area contributed by atoms with Crippen LogP contribution in [-0.4, -0.2) is 39.3 Å². The van der Waals surface area contributed by atoms with Crippen molar-refractivity contribution in [3.05, 3.63) is 28.8 Å². The number of hydrogen-bond acceptors (Lipinski definition) is 4. The largest absolute Gasteiger partial charge is 0.383 e. The van der Waals surface area contributed by atoms with Gasteiger partial charge in [0.05, 0.1) is 13.2 Å².